The Kier molecular flexibility index (Phi) is 3.87. The lowest BCUT2D eigenvalue weighted by atomic mass is 10.2. The highest BCUT2D eigenvalue weighted by atomic mass is 32.1. The van der Waals surface area contributed by atoms with Gasteiger partial charge in [-0.3, -0.25) is 14.0 Å². The number of carbonyl (C=O) groups excluding carboxylic acids is 2. The fourth-order valence-electron chi connectivity index (χ4n) is 2.84. The summed E-state index contributed by atoms with van der Waals surface area (Å²) < 4.78 is 2.04. The average Bonchev–Trinajstić information content (AvgIpc) is 3.15. The van der Waals surface area contributed by atoms with E-state index in [0.29, 0.717) is 23.6 Å². The van der Waals surface area contributed by atoms with Crippen LogP contribution in [0.25, 0.3) is 4.96 Å². The van der Waals surface area contributed by atoms with Crippen molar-refractivity contribution >= 4 is 39.6 Å². The quantitative estimate of drug-likeness (QED) is 0.733. The van der Waals surface area contributed by atoms with Crippen LogP contribution in [0, 0.1) is 13.8 Å². The lowest BCUT2D eigenvalue weighted by Crippen LogP contribution is -2.37. The Morgan fingerprint density at radius 2 is 2.23 bits per heavy atom. The lowest BCUT2D eigenvalue weighted by Gasteiger charge is -2.26. The van der Waals surface area contributed by atoms with Gasteiger partial charge in [0.15, 0.2) is 4.96 Å². The van der Waals surface area contributed by atoms with Gasteiger partial charge in [-0.25, -0.2) is 9.97 Å². The number of pyridine rings is 1. The summed E-state index contributed by atoms with van der Waals surface area (Å²) in [7, 11) is 1.67. The number of hydrogen-bond donors (Lipinski definition) is 2. The van der Waals surface area contributed by atoms with Crippen molar-refractivity contribution in [3.05, 3.63) is 40.3 Å². The van der Waals surface area contributed by atoms with Gasteiger partial charge in [0, 0.05) is 30.0 Å². The number of nitrogens with zero attached hydrogens (tertiary/aromatic N) is 4. The molecular formula is C17H18N6O2S. The maximum absolute atomic E-state index is 12.5. The second-order valence-electron chi connectivity index (χ2n) is 6.21. The first-order valence-electron chi connectivity index (χ1n) is 8.16. The molecule has 0 aliphatic carbocycles. The summed E-state index contributed by atoms with van der Waals surface area (Å²) in [4.78, 5) is 36.7. The number of carbonyl (C=O) groups is 2. The Balaban J connectivity index is 1.50. The number of aromatic nitrogens is 3. The molecule has 134 valence electrons. The molecule has 8 nitrogen and oxygen atoms in total. The SMILES string of the molecule is Cc1sc2nc(CNC(=O)c3cnc4c(c3)N(C)C(=O)CN4)cn2c1C. The van der Waals surface area contributed by atoms with Crippen molar-refractivity contribution in [3.8, 4) is 0 Å². The fraction of sp³-hybridized carbons (Fsp3) is 0.294. The van der Waals surface area contributed by atoms with E-state index in [2.05, 4.69) is 27.5 Å². The molecule has 3 aromatic rings. The van der Waals surface area contributed by atoms with E-state index in [0.717, 1.165) is 16.3 Å². The van der Waals surface area contributed by atoms with Gasteiger partial charge >= 0.3 is 0 Å². The zero-order chi connectivity index (χ0) is 18.4. The molecule has 4 heterocycles. The molecule has 0 aromatic carbocycles. The summed E-state index contributed by atoms with van der Waals surface area (Å²) in [6.45, 7) is 4.65. The predicted octanol–water partition coefficient (Wildman–Crippen LogP) is 1.73. The van der Waals surface area contributed by atoms with E-state index in [-0.39, 0.29) is 18.4 Å². The van der Waals surface area contributed by atoms with E-state index >= 15 is 0 Å². The van der Waals surface area contributed by atoms with Gasteiger partial charge in [0.05, 0.1) is 30.0 Å². The number of anilines is 2. The molecule has 4 rings (SSSR count). The van der Waals surface area contributed by atoms with Crippen LogP contribution in [0.1, 0.15) is 26.6 Å². The minimum Gasteiger partial charge on any atom is -0.359 e. The van der Waals surface area contributed by atoms with Crippen LogP contribution >= 0.6 is 11.3 Å². The normalized spacial score (nSPS) is 13.7. The number of fused-ring (bicyclic) bond motifs is 2. The summed E-state index contributed by atoms with van der Waals surface area (Å²) in [5.41, 5.74) is 2.96. The minimum absolute atomic E-state index is 0.0689. The van der Waals surface area contributed by atoms with Gasteiger partial charge < -0.3 is 15.5 Å². The van der Waals surface area contributed by atoms with Crippen molar-refractivity contribution in [2.75, 3.05) is 23.8 Å². The van der Waals surface area contributed by atoms with Crippen molar-refractivity contribution < 1.29 is 9.59 Å². The molecule has 0 unspecified atom stereocenters. The number of likely N-dealkylation sites (N-methyl/N-ethyl adjacent to an activating group) is 1. The number of rotatable bonds is 3. The number of amides is 2. The van der Waals surface area contributed by atoms with Gasteiger partial charge in [-0.1, -0.05) is 0 Å². The molecule has 2 amide bonds. The molecule has 9 heteroatoms. The second kappa shape index (κ2) is 6.10. The van der Waals surface area contributed by atoms with Crippen molar-refractivity contribution in [2.45, 2.75) is 20.4 Å². The van der Waals surface area contributed by atoms with Crippen LogP contribution in [-0.4, -0.2) is 39.8 Å². The van der Waals surface area contributed by atoms with Gasteiger partial charge in [0.2, 0.25) is 5.91 Å². The molecule has 3 aromatic heterocycles. The maximum Gasteiger partial charge on any atom is 0.253 e. The van der Waals surface area contributed by atoms with Crippen LogP contribution in [-0.2, 0) is 11.3 Å². The lowest BCUT2D eigenvalue weighted by molar-refractivity contribution is -0.116. The first kappa shape index (κ1) is 16.5. The molecule has 0 saturated heterocycles. The van der Waals surface area contributed by atoms with Gasteiger partial charge in [0.25, 0.3) is 5.91 Å². The van der Waals surface area contributed by atoms with E-state index in [1.54, 1.807) is 24.5 Å². The Hall–Kier alpha value is -2.94. The van der Waals surface area contributed by atoms with Crippen molar-refractivity contribution in [1.82, 2.24) is 19.7 Å². The van der Waals surface area contributed by atoms with Crippen molar-refractivity contribution in [1.29, 1.82) is 0 Å². The Morgan fingerprint density at radius 3 is 3.00 bits per heavy atom. The highest BCUT2D eigenvalue weighted by Crippen LogP contribution is 2.27. The van der Waals surface area contributed by atoms with E-state index < -0.39 is 0 Å². The second-order valence-corrected chi connectivity index (χ2v) is 7.39. The number of nitrogens with one attached hydrogen (secondary N) is 2. The monoisotopic (exact) mass is 370 g/mol. The van der Waals surface area contributed by atoms with E-state index in [1.165, 1.54) is 16.0 Å². The van der Waals surface area contributed by atoms with Crippen molar-refractivity contribution in [3.63, 3.8) is 0 Å². The van der Waals surface area contributed by atoms with Crippen LogP contribution in [0.3, 0.4) is 0 Å². The zero-order valence-electron chi connectivity index (χ0n) is 14.7. The molecule has 26 heavy (non-hydrogen) atoms. The fourth-order valence-corrected chi connectivity index (χ4v) is 3.81. The molecular weight excluding hydrogens is 352 g/mol. The molecule has 1 aliphatic heterocycles. The van der Waals surface area contributed by atoms with Gasteiger partial charge in [0.1, 0.15) is 5.82 Å². The Morgan fingerprint density at radius 1 is 1.42 bits per heavy atom. The molecule has 0 fully saturated rings. The topological polar surface area (TPSA) is 91.6 Å². The summed E-state index contributed by atoms with van der Waals surface area (Å²) in [5.74, 6) is 0.278. The van der Waals surface area contributed by atoms with Crippen LogP contribution < -0.4 is 15.5 Å². The van der Waals surface area contributed by atoms with Crippen LogP contribution in [0.5, 0.6) is 0 Å². The molecule has 0 radical (unpaired) electrons. The van der Waals surface area contributed by atoms with Gasteiger partial charge in [-0.15, -0.1) is 11.3 Å². The third kappa shape index (κ3) is 2.70. The predicted molar refractivity (Wildman–Crippen MR) is 99.8 cm³/mol. The molecule has 0 spiro atoms. The van der Waals surface area contributed by atoms with Crippen LogP contribution in [0.4, 0.5) is 11.5 Å². The average molecular weight is 370 g/mol. The molecule has 0 saturated carbocycles. The Labute approximate surface area is 153 Å². The van der Waals surface area contributed by atoms with Gasteiger partial charge in [-0.2, -0.15) is 0 Å². The largest absolute Gasteiger partial charge is 0.359 e. The number of hydrogen-bond acceptors (Lipinski definition) is 6. The summed E-state index contributed by atoms with van der Waals surface area (Å²) in [5, 5.41) is 5.80. The number of thiazole rings is 1. The third-order valence-corrected chi connectivity index (χ3v) is 5.61. The third-order valence-electron chi connectivity index (χ3n) is 4.54. The summed E-state index contributed by atoms with van der Waals surface area (Å²) in [6, 6.07) is 1.67. The van der Waals surface area contributed by atoms with Crippen LogP contribution in [0.15, 0.2) is 18.5 Å². The highest BCUT2D eigenvalue weighted by molar-refractivity contribution is 7.17. The smallest absolute Gasteiger partial charge is 0.253 e. The summed E-state index contributed by atoms with van der Waals surface area (Å²) >= 11 is 1.63. The molecule has 0 bridgehead atoms. The van der Waals surface area contributed by atoms with Gasteiger partial charge in [-0.05, 0) is 19.9 Å². The van der Waals surface area contributed by atoms with Crippen LogP contribution in [0.2, 0.25) is 0 Å². The standard InChI is InChI=1S/C17H18N6O2S/c1-9-10(2)26-17-21-12(8-23(9)17)6-20-16(25)11-4-13-15(18-5-11)19-7-14(24)22(13)3/h4-5,8H,6-7H2,1-3H3,(H,18,19)(H,20,25). The maximum atomic E-state index is 12.5. The first-order valence-corrected chi connectivity index (χ1v) is 8.98. The summed E-state index contributed by atoms with van der Waals surface area (Å²) in [6.07, 6.45) is 3.44. The van der Waals surface area contributed by atoms with E-state index in [9.17, 15) is 9.59 Å². The zero-order valence-corrected chi connectivity index (χ0v) is 15.5. The molecule has 1 aliphatic rings. The first-order chi connectivity index (χ1) is 12.4. The highest BCUT2D eigenvalue weighted by Gasteiger charge is 2.23. The molecule has 0 atom stereocenters. The van der Waals surface area contributed by atoms with E-state index in [4.69, 9.17) is 0 Å². The number of imidazole rings is 1. The molecule has 2 N–H and O–H groups in total. The number of aryl methyl sites for hydroxylation is 2. The minimum atomic E-state index is -0.254. The van der Waals surface area contributed by atoms with Crippen molar-refractivity contribution in [2.24, 2.45) is 0 Å². The Bertz CT molecular complexity index is 1040. The van der Waals surface area contributed by atoms with E-state index in [1.807, 2.05) is 17.5 Å².